The highest BCUT2D eigenvalue weighted by atomic mass is 16.3. The van der Waals surface area contributed by atoms with Crippen LogP contribution in [0.25, 0.3) is 0 Å². The molecule has 2 rings (SSSR count). The molecule has 2 aromatic rings. The van der Waals surface area contributed by atoms with Crippen molar-refractivity contribution in [1.29, 1.82) is 0 Å². The van der Waals surface area contributed by atoms with Gasteiger partial charge in [0.25, 0.3) is 0 Å². The van der Waals surface area contributed by atoms with Gasteiger partial charge in [-0.1, -0.05) is 30.3 Å². The van der Waals surface area contributed by atoms with Gasteiger partial charge in [0.2, 0.25) is 0 Å². The summed E-state index contributed by atoms with van der Waals surface area (Å²) in [6.07, 6.45) is 2.85. The number of aliphatic hydroxyl groups is 1. The second-order valence-electron chi connectivity index (χ2n) is 5.57. The molecule has 0 saturated heterocycles. The highest BCUT2D eigenvalue weighted by Crippen LogP contribution is 2.03. The van der Waals surface area contributed by atoms with E-state index in [1.54, 1.807) is 6.20 Å². The van der Waals surface area contributed by atoms with Crippen molar-refractivity contribution in [1.82, 2.24) is 15.2 Å². The molecular weight excluding hydrogens is 274 g/mol. The van der Waals surface area contributed by atoms with Crippen molar-refractivity contribution >= 4 is 0 Å². The Balaban J connectivity index is 1.60. The third-order valence-corrected chi connectivity index (χ3v) is 3.56. The van der Waals surface area contributed by atoms with Crippen LogP contribution in [-0.4, -0.2) is 35.1 Å². The lowest BCUT2D eigenvalue weighted by atomic mass is 10.2. The highest BCUT2D eigenvalue weighted by Gasteiger charge is 2.00. The van der Waals surface area contributed by atoms with E-state index in [0.717, 1.165) is 43.9 Å². The average Bonchev–Trinajstić information content (AvgIpc) is 2.55. The molecule has 0 spiro atoms. The Hall–Kier alpha value is -1.75. The van der Waals surface area contributed by atoms with Crippen LogP contribution in [0.1, 0.15) is 23.2 Å². The molecule has 0 bridgehead atoms. The first-order valence-electron chi connectivity index (χ1n) is 7.76. The summed E-state index contributed by atoms with van der Waals surface area (Å²) in [5.74, 6) is 0. The van der Waals surface area contributed by atoms with Crippen LogP contribution in [0.5, 0.6) is 0 Å². The largest absolute Gasteiger partial charge is 0.392 e. The fraction of sp³-hybridized carbons (Fsp3) is 0.389. The van der Waals surface area contributed by atoms with E-state index < -0.39 is 0 Å². The fourth-order valence-corrected chi connectivity index (χ4v) is 2.39. The molecule has 0 fully saturated rings. The smallest absolute Gasteiger partial charge is 0.0683 e. The van der Waals surface area contributed by atoms with Gasteiger partial charge >= 0.3 is 0 Å². The van der Waals surface area contributed by atoms with Crippen molar-refractivity contribution in [3.8, 4) is 0 Å². The van der Waals surface area contributed by atoms with Gasteiger partial charge in [-0.05, 0) is 49.8 Å². The zero-order valence-electron chi connectivity index (χ0n) is 13.2. The molecule has 4 nitrogen and oxygen atoms in total. The summed E-state index contributed by atoms with van der Waals surface area (Å²) in [5, 5.41) is 12.5. The summed E-state index contributed by atoms with van der Waals surface area (Å²) in [4.78, 5) is 6.63. The van der Waals surface area contributed by atoms with E-state index in [-0.39, 0.29) is 6.61 Å². The molecule has 0 amide bonds. The predicted octanol–water partition coefficient (Wildman–Crippen LogP) is 2.19. The van der Waals surface area contributed by atoms with Gasteiger partial charge in [0.15, 0.2) is 0 Å². The number of pyridine rings is 1. The van der Waals surface area contributed by atoms with Crippen molar-refractivity contribution in [3.05, 3.63) is 65.5 Å². The maximum atomic E-state index is 9.10. The van der Waals surface area contributed by atoms with Crippen molar-refractivity contribution in [2.45, 2.75) is 26.1 Å². The molecule has 1 aromatic heterocycles. The van der Waals surface area contributed by atoms with Crippen molar-refractivity contribution in [2.75, 3.05) is 20.1 Å². The van der Waals surface area contributed by atoms with Gasteiger partial charge in [0.05, 0.1) is 12.3 Å². The summed E-state index contributed by atoms with van der Waals surface area (Å²) >= 11 is 0. The van der Waals surface area contributed by atoms with Gasteiger partial charge in [-0.15, -0.1) is 0 Å². The van der Waals surface area contributed by atoms with E-state index >= 15 is 0 Å². The van der Waals surface area contributed by atoms with E-state index in [1.807, 2.05) is 18.2 Å². The van der Waals surface area contributed by atoms with Crippen molar-refractivity contribution < 1.29 is 5.11 Å². The van der Waals surface area contributed by atoms with Crippen LogP contribution in [-0.2, 0) is 19.7 Å². The average molecular weight is 299 g/mol. The number of aromatic nitrogens is 1. The quantitative estimate of drug-likeness (QED) is 0.697. The summed E-state index contributed by atoms with van der Waals surface area (Å²) < 4.78 is 0. The van der Waals surface area contributed by atoms with E-state index in [0.29, 0.717) is 0 Å². The molecule has 0 aliphatic rings. The zero-order valence-corrected chi connectivity index (χ0v) is 13.2. The minimum absolute atomic E-state index is 0.0692. The number of benzene rings is 1. The van der Waals surface area contributed by atoms with Gasteiger partial charge in [-0.3, -0.25) is 4.98 Å². The lowest BCUT2D eigenvalue weighted by Crippen LogP contribution is -2.24. The first-order valence-corrected chi connectivity index (χ1v) is 7.76. The van der Waals surface area contributed by atoms with Crippen LogP contribution in [0.2, 0.25) is 0 Å². The Bertz CT molecular complexity index is 545. The molecule has 0 aliphatic carbocycles. The number of hydrogen-bond acceptors (Lipinski definition) is 4. The van der Waals surface area contributed by atoms with Crippen LogP contribution < -0.4 is 5.32 Å². The topological polar surface area (TPSA) is 48.4 Å². The minimum Gasteiger partial charge on any atom is -0.392 e. The van der Waals surface area contributed by atoms with Gasteiger partial charge in [0, 0.05) is 19.3 Å². The number of hydrogen-bond donors (Lipinski definition) is 2. The van der Waals surface area contributed by atoms with Crippen molar-refractivity contribution in [2.24, 2.45) is 0 Å². The van der Waals surface area contributed by atoms with Gasteiger partial charge in [-0.25, -0.2) is 0 Å². The standard InChI is InChI=1S/C18H25N3O/c1-21(14-16-6-3-2-4-7-16)11-5-9-19-13-18-12-17(15-22)8-10-20-18/h2-4,6-8,10,12,19,22H,5,9,11,13-15H2,1H3. The van der Waals surface area contributed by atoms with E-state index in [4.69, 9.17) is 5.11 Å². The van der Waals surface area contributed by atoms with Crippen molar-refractivity contribution in [3.63, 3.8) is 0 Å². The molecule has 118 valence electrons. The molecule has 4 heteroatoms. The van der Waals surface area contributed by atoms with Gasteiger partial charge < -0.3 is 15.3 Å². The Morgan fingerprint density at radius 3 is 2.73 bits per heavy atom. The maximum Gasteiger partial charge on any atom is 0.0683 e. The zero-order chi connectivity index (χ0) is 15.6. The number of rotatable bonds is 9. The highest BCUT2D eigenvalue weighted by molar-refractivity contribution is 5.15. The molecule has 0 unspecified atom stereocenters. The number of nitrogens with one attached hydrogen (secondary N) is 1. The SMILES string of the molecule is CN(CCCNCc1cc(CO)ccn1)Cc1ccccc1. The van der Waals surface area contributed by atoms with Crippen LogP contribution in [0.3, 0.4) is 0 Å². The van der Waals surface area contributed by atoms with E-state index in [1.165, 1.54) is 5.56 Å². The number of aliphatic hydroxyl groups excluding tert-OH is 1. The third-order valence-electron chi connectivity index (χ3n) is 3.56. The minimum atomic E-state index is 0.0692. The molecule has 22 heavy (non-hydrogen) atoms. The lowest BCUT2D eigenvalue weighted by Gasteiger charge is -2.16. The van der Waals surface area contributed by atoms with Gasteiger partial charge in [0.1, 0.15) is 0 Å². The summed E-state index contributed by atoms with van der Waals surface area (Å²) in [6.45, 7) is 3.83. The second kappa shape index (κ2) is 9.30. The third kappa shape index (κ3) is 5.93. The Labute approximate surface area is 132 Å². The van der Waals surface area contributed by atoms with E-state index in [9.17, 15) is 0 Å². The molecule has 0 radical (unpaired) electrons. The van der Waals surface area contributed by atoms with Gasteiger partial charge in [-0.2, -0.15) is 0 Å². The molecule has 2 N–H and O–H groups in total. The Kier molecular flexibility index (Phi) is 7.03. The van der Waals surface area contributed by atoms with Crippen LogP contribution in [0.4, 0.5) is 0 Å². The first kappa shape index (κ1) is 16.6. The van der Waals surface area contributed by atoms with Crippen LogP contribution in [0.15, 0.2) is 48.7 Å². The summed E-state index contributed by atoms with van der Waals surface area (Å²) in [7, 11) is 2.15. The Morgan fingerprint density at radius 2 is 1.95 bits per heavy atom. The van der Waals surface area contributed by atoms with Crippen LogP contribution in [0, 0.1) is 0 Å². The molecular formula is C18H25N3O. The summed E-state index contributed by atoms with van der Waals surface area (Å²) in [5.41, 5.74) is 3.24. The molecule has 0 atom stereocenters. The molecule has 1 heterocycles. The monoisotopic (exact) mass is 299 g/mol. The van der Waals surface area contributed by atoms with Crippen LogP contribution >= 0.6 is 0 Å². The lowest BCUT2D eigenvalue weighted by molar-refractivity contribution is 0.281. The van der Waals surface area contributed by atoms with E-state index in [2.05, 4.69) is 46.5 Å². The maximum absolute atomic E-state index is 9.10. The Morgan fingerprint density at radius 1 is 1.14 bits per heavy atom. The fourth-order valence-electron chi connectivity index (χ4n) is 2.39. The first-order chi connectivity index (χ1) is 10.8. The number of nitrogens with zero attached hydrogens (tertiary/aromatic N) is 2. The molecule has 0 saturated carbocycles. The second-order valence-corrected chi connectivity index (χ2v) is 5.57. The molecule has 1 aromatic carbocycles. The predicted molar refractivity (Wildman–Crippen MR) is 89.3 cm³/mol. The summed E-state index contributed by atoms with van der Waals surface area (Å²) in [6, 6.07) is 14.3. The molecule has 0 aliphatic heterocycles. The normalized spacial score (nSPS) is 11.0.